The summed E-state index contributed by atoms with van der Waals surface area (Å²) in [5.41, 5.74) is 0. The molecule has 0 aliphatic carbocycles. The maximum atomic E-state index is 2.27. The van der Waals surface area contributed by atoms with Crippen LogP contribution in [0, 0.1) is 0 Å². The molecule has 0 bridgehead atoms. The third-order valence-corrected chi connectivity index (χ3v) is 4.61. The average molecular weight is 205 g/mol. The van der Waals surface area contributed by atoms with Gasteiger partial charge in [0.1, 0.15) is 0 Å². The Labute approximate surface area is 66.4 Å². The molecule has 0 atom stereocenters. The average Bonchev–Trinajstić information content (AvgIpc) is 2.34. The Hall–Kier alpha value is 0.349. The van der Waals surface area contributed by atoms with Crippen molar-refractivity contribution in [1.82, 2.24) is 0 Å². The molecule has 0 unspecified atom stereocenters. The molecule has 0 radical (unpaired) electrons. The molecule has 0 nitrogen and oxygen atoms in total. The molecule has 0 saturated heterocycles. The molecule has 0 aliphatic heterocycles. The number of thioether (sulfide) groups is 1. The summed E-state index contributed by atoms with van der Waals surface area (Å²) in [5, 5.41) is 0. The molecule has 1 aromatic rings. The Bertz CT molecular complexity index is 146. The second-order valence-corrected chi connectivity index (χ2v) is 5.49. The van der Waals surface area contributed by atoms with Crippen molar-refractivity contribution in [2.45, 2.75) is 17.1 Å². The van der Waals surface area contributed by atoms with Gasteiger partial charge in [0.05, 0.1) is 0 Å². The van der Waals surface area contributed by atoms with Crippen molar-refractivity contribution in [3.05, 3.63) is 17.1 Å². The van der Waals surface area contributed by atoms with Crippen molar-refractivity contribution in [2.24, 2.45) is 0 Å². The fourth-order valence-corrected chi connectivity index (χ4v) is 3.38. The van der Waals surface area contributed by atoms with Gasteiger partial charge in [0.15, 0.2) is 0 Å². The van der Waals surface area contributed by atoms with Crippen LogP contribution in [0.15, 0.2) is 20.8 Å². The first kappa shape index (κ1) is 7.46. The molecule has 0 aliphatic rings. The van der Waals surface area contributed by atoms with Crippen LogP contribution in [0.1, 0.15) is 13.3 Å². The van der Waals surface area contributed by atoms with E-state index >= 15 is 0 Å². The van der Waals surface area contributed by atoms with Gasteiger partial charge in [0.25, 0.3) is 0 Å². The van der Waals surface area contributed by atoms with Gasteiger partial charge in [-0.1, -0.05) is 0 Å². The van der Waals surface area contributed by atoms with E-state index < -0.39 is 0 Å². The van der Waals surface area contributed by atoms with Gasteiger partial charge in [-0.15, -0.1) is 0 Å². The zero-order valence-electron chi connectivity index (χ0n) is 5.46. The van der Waals surface area contributed by atoms with Crippen molar-refractivity contribution in [1.29, 1.82) is 0 Å². The van der Waals surface area contributed by atoms with E-state index in [4.69, 9.17) is 0 Å². The van der Waals surface area contributed by atoms with Gasteiger partial charge in [-0.2, -0.15) is 0 Å². The molecule has 1 heterocycles. The fourth-order valence-electron chi connectivity index (χ4n) is 0.548. The molecule has 0 N–H and O–H groups in total. The van der Waals surface area contributed by atoms with Gasteiger partial charge < -0.3 is 0 Å². The summed E-state index contributed by atoms with van der Waals surface area (Å²) in [5.74, 6) is 1.29. The van der Waals surface area contributed by atoms with E-state index in [1.165, 1.54) is 12.2 Å². The molecule has 1 aromatic heterocycles. The van der Waals surface area contributed by atoms with E-state index in [0.29, 0.717) is 14.5 Å². The standard InChI is InChI=1S/C7H10SSe/c1-2-5-8-7-4-3-6-9-7/h3-4,6H,2,5H2,1H3. The quantitative estimate of drug-likeness (QED) is 0.538. The predicted molar refractivity (Wildman–Crippen MR) is 44.4 cm³/mol. The summed E-state index contributed by atoms with van der Waals surface area (Å²) in [4.78, 5) is 2.27. The SMILES string of the molecule is CCCSc1ccc[se]1. The van der Waals surface area contributed by atoms with Gasteiger partial charge in [-0.25, -0.2) is 0 Å². The van der Waals surface area contributed by atoms with Gasteiger partial charge in [-0.05, 0) is 0 Å². The van der Waals surface area contributed by atoms with Crippen LogP contribution in [-0.4, -0.2) is 20.3 Å². The Morgan fingerprint density at radius 3 is 3.11 bits per heavy atom. The molecule has 50 valence electrons. The summed E-state index contributed by atoms with van der Waals surface area (Å²) < 4.78 is 1.59. The first-order valence-electron chi connectivity index (χ1n) is 3.10. The summed E-state index contributed by atoms with van der Waals surface area (Å²) >= 11 is 2.69. The minimum atomic E-state index is 0.680. The number of rotatable bonds is 3. The normalized spacial score (nSPS) is 9.89. The molecule has 0 aromatic carbocycles. The molecule has 9 heavy (non-hydrogen) atoms. The monoisotopic (exact) mass is 206 g/mol. The molecule has 0 fully saturated rings. The van der Waals surface area contributed by atoms with Crippen molar-refractivity contribution < 1.29 is 0 Å². The van der Waals surface area contributed by atoms with E-state index in [1.807, 2.05) is 11.8 Å². The second kappa shape index (κ2) is 4.21. The maximum absolute atomic E-state index is 2.27. The van der Waals surface area contributed by atoms with Crippen LogP contribution in [0.4, 0.5) is 0 Å². The summed E-state index contributed by atoms with van der Waals surface area (Å²) in [6.07, 6.45) is 1.29. The van der Waals surface area contributed by atoms with Gasteiger partial charge in [-0.3, -0.25) is 0 Å². The summed E-state index contributed by atoms with van der Waals surface area (Å²) in [7, 11) is 0. The zero-order valence-corrected chi connectivity index (χ0v) is 7.99. The Morgan fingerprint density at radius 2 is 2.56 bits per heavy atom. The molecule has 0 spiro atoms. The zero-order chi connectivity index (χ0) is 6.53. The van der Waals surface area contributed by atoms with E-state index in [1.54, 1.807) is 3.77 Å². The molecule has 1 rings (SSSR count). The number of hydrogen-bond acceptors (Lipinski definition) is 1. The van der Waals surface area contributed by atoms with Crippen LogP contribution >= 0.6 is 11.8 Å². The van der Waals surface area contributed by atoms with Gasteiger partial charge >= 0.3 is 66.2 Å². The molecular weight excluding hydrogens is 195 g/mol. The van der Waals surface area contributed by atoms with Crippen LogP contribution in [0.25, 0.3) is 0 Å². The Morgan fingerprint density at radius 1 is 1.67 bits per heavy atom. The van der Waals surface area contributed by atoms with Crippen LogP contribution in [-0.2, 0) is 0 Å². The van der Waals surface area contributed by atoms with Crippen molar-refractivity contribution >= 4 is 26.3 Å². The van der Waals surface area contributed by atoms with E-state index in [2.05, 4.69) is 24.0 Å². The summed E-state index contributed by atoms with van der Waals surface area (Å²) in [6, 6.07) is 4.40. The fraction of sp³-hybridized carbons (Fsp3) is 0.429. The second-order valence-electron chi connectivity index (χ2n) is 1.78. The van der Waals surface area contributed by atoms with E-state index in [9.17, 15) is 0 Å². The predicted octanol–water partition coefficient (Wildman–Crippen LogP) is 2.25. The minimum absolute atomic E-state index is 0.680. The van der Waals surface area contributed by atoms with Crippen molar-refractivity contribution in [2.75, 3.05) is 5.75 Å². The topological polar surface area (TPSA) is 0 Å². The molecule has 2 heteroatoms. The Kier molecular flexibility index (Phi) is 3.49. The van der Waals surface area contributed by atoms with Crippen molar-refractivity contribution in [3.63, 3.8) is 0 Å². The molecular formula is C7H10SSe. The van der Waals surface area contributed by atoms with Gasteiger partial charge in [0.2, 0.25) is 0 Å². The third kappa shape index (κ3) is 2.61. The third-order valence-electron chi connectivity index (χ3n) is 0.944. The van der Waals surface area contributed by atoms with E-state index in [-0.39, 0.29) is 0 Å². The first-order valence-corrected chi connectivity index (χ1v) is 5.93. The Balaban J connectivity index is 2.30. The van der Waals surface area contributed by atoms with Crippen molar-refractivity contribution in [3.8, 4) is 0 Å². The van der Waals surface area contributed by atoms with Crippen LogP contribution < -0.4 is 0 Å². The van der Waals surface area contributed by atoms with Crippen LogP contribution in [0.5, 0.6) is 0 Å². The van der Waals surface area contributed by atoms with Gasteiger partial charge in [0, 0.05) is 0 Å². The van der Waals surface area contributed by atoms with E-state index in [0.717, 1.165) is 0 Å². The summed E-state index contributed by atoms with van der Waals surface area (Å²) in [6.45, 7) is 2.23. The van der Waals surface area contributed by atoms with Crippen LogP contribution in [0.3, 0.4) is 0 Å². The molecule has 0 amide bonds. The first-order chi connectivity index (χ1) is 4.43. The number of hydrogen-bond donors (Lipinski definition) is 0. The van der Waals surface area contributed by atoms with Crippen LogP contribution in [0.2, 0.25) is 0 Å². The molecule has 0 saturated carbocycles.